The molecule has 2 aliphatic heterocycles. The highest BCUT2D eigenvalue weighted by Crippen LogP contribution is 2.46. The molecule has 216 valence electrons. The van der Waals surface area contributed by atoms with Crippen molar-refractivity contribution in [3.05, 3.63) is 70.0 Å². The van der Waals surface area contributed by atoms with Crippen LogP contribution in [0.25, 0.3) is 0 Å². The summed E-state index contributed by atoms with van der Waals surface area (Å²) in [6.45, 7) is 4.46. The number of hydrogen-bond acceptors (Lipinski definition) is 6. The number of carbonyl (C=O) groups is 1. The Hall–Kier alpha value is -1.93. The van der Waals surface area contributed by atoms with Crippen LogP contribution in [0.15, 0.2) is 58.2 Å². The van der Waals surface area contributed by atoms with Crippen LogP contribution in [0.1, 0.15) is 56.6 Å². The maximum Gasteiger partial charge on any atom is 0.249 e. The Morgan fingerprint density at radius 2 is 2.12 bits per heavy atom. The average molecular weight is 584 g/mol. The highest BCUT2D eigenvalue weighted by Gasteiger charge is 2.47. The molecule has 8 heteroatoms. The summed E-state index contributed by atoms with van der Waals surface area (Å²) in [5, 5.41) is 0.783. The van der Waals surface area contributed by atoms with Crippen LogP contribution < -0.4 is 0 Å². The smallest absolute Gasteiger partial charge is 0.249 e. The summed E-state index contributed by atoms with van der Waals surface area (Å²) in [4.78, 5) is 15.8. The predicted molar refractivity (Wildman–Crippen MR) is 158 cm³/mol. The standard InChI is InChI=1S/C32H40ClN2O4S/c1-21-5-3-7-29(38-2)26-11-8-24(26)17-35-19-32(14-4-6-22-15-25(33)10-12-27(22)32)20-39-30-13-9-23(16-28(30)35)31(36)34-40(37)18-21/h3,7,9-10,12-13,15,21,24,26,28-29H,4-6,8,11,14,16-20H2,1-2H3/q-1/b7-3+/t21-,24-,26+,28?,29-,32-/m0/s1. The first-order valence-corrected chi connectivity index (χ1v) is 16.4. The van der Waals surface area contributed by atoms with Gasteiger partial charge >= 0.3 is 0 Å². The van der Waals surface area contributed by atoms with Crippen molar-refractivity contribution in [1.82, 2.24) is 4.90 Å². The molecule has 6 atom stereocenters. The summed E-state index contributed by atoms with van der Waals surface area (Å²) in [7, 11) is 0.257. The van der Waals surface area contributed by atoms with Gasteiger partial charge in [-0.3, -0.25) is 9.69 Å². The van der Waals surface area contributed by atoms with Crippen molar-refractivity contribution in [3.8, 4) is 0 Å². The molecule has 0 radical (unpaired) electrons. The minimum absolute atomic E-state index is 0.0470. The first kappa shape index (κ1) is 28.2. The SMILES string of the molecule is CO[C@H]1/C=C/C[C@H](C)C[S-](=O)=NC(=O)C2=CC=C3OC[C@]4(CCCc5cc(Cl)ccc54)CN(C[C@@H]4CC[C@H]41)C3C2. The summed E-state index contributed by atoms with van der Waals surface area (Å²) in [5.74, 6) is 2.06. The fraction of sp³-hybridized carbons (Fsp3) is 0.594. The van der Waals surface area contributed by atoms with Gasteiger partial charge in [0.05, 0.1) is 18.8 Å². The second-order valence-corrected chi connectivity index (χ2v) is 14.1. The van der Waals surface area contributed by atoms with Crippen molar-refractivity contribution in [2.45, 2.75) is 69.4 Å². The number of benzene rings is 1. The molecule has 1 aromatic carbocycles. The van der Waals surface area contributed by atoms with Crippen LogP contribution in [0, 0.1) is 17.8 Å². The molecule has 1 spiro atoms. The molecule has 1 saturated heterocycles. The number of nitrogens with zero attached hydrogens (tertiary/aromatic N) is 2. The lowest BCUT2D eigenvalue weighted by Gasteiger charge is -2.46. The fourth-order valence-corrected chi connectivity index (χ4v) is 8.68. The number of halogens is 1. The molecule has 6 rings (SSSR count). The second-order valence-electron chi connectivity index (χ2n) is 12.5. The van der Waals surface area contributed by atoms with Gasteiger partial charge in [0.15, 0.2) is 0 Å². The number of hydrogen-bond donors (Lipinski definition) is 0. The number of ether oxygens (including phenoxy) is 2. The lowest BCUT2D eigenvalue weighted by Crippen LogP contribution is -2.51. The molecular weight excluding hydrogens is 544 g/mol. The number of allylic oxidation sites excluding steroid dienone is 3. The minimum atomic E-state index is -1.55. The van der Waals surface area contributed by atoms with E-state index in [0.717, 1.165) is 56.0 Å². The predicted octanol–water partition coefficient (Wildman–Crippen LogP) is 6.14. The number of methoxy groups -OCH3 is 1. The van der Waals surface area contributed by atoms with Gasteiger partial charge in [-0.25, -0.2) is 0 Å². The summed E-state index contributed by atoms with van der Waals surface area (Å²) >= 11 is 6.41. The van der Waals surface area contributed by atoms with Gasteiger partial charge < -0.3 is 18.0 Å². The van der Waals surface area contributed by atoms with Crippen LogP contribution in [0.5, 0.6) is 0 Å². The Morgan fingerprint density at radius 1 is 1.25 bits per heavy atom. The van der Waals surface area contributed by atoms with E-state index in [9.17, 15) is 9.00 Å². The third-order valence-electron chi connectivity index (χ3n) is 9.78. The normalized spacial score (nSPS) is 36.1. The zero-order valence-corrected chi connectivity index (χ0v) is 25.1. The van der Waals surface area contributed by atoms with E-state index in [1.807, 2.05) is 25.3 Å². The van der Waals surface area contributed by atoms with Gasteiger partial charge in [0.25, 0.3) is 0 Å². The molecule has 40 heavy (non-hydrogen) atoms. The van der Waals surface area contributed by atoms with Gasteiger partial charge in [-0.2, -0.15) is 10.6 Å². The second kappa shape index (κ2) is 11.7. The summed E-state index contributed by atoms with van der Waals surface area (Å²) in [6, 6.07) is 6.30. The lowest BCUT2D eigenvalue weighted by molar-refractivity contribution is -0.114. The van der Waals surface area contributed by atoms with Crippen LogP contribution in [0.4, 0.5) is 0 Å². The minimum Gasteiger partial charge on any atom is -0.495 e. The van der Waals surface area contributed by atoms with Crippen molar-refractivity contribution < 1.29 is 18.5 Å². The Bertz CT molecular complexity index is 1330. The Morgan fingerprint density at radius 3 is 2.92 bits per heavy atom. The van der Waals surface area contributed by atoms with Crippen LogP contribution in [-0.2, 0) is 40.9 Å². The zero-order valence-electron chi connectivity index (χ0n) is 23.5. The fourth-order valence-electron chi connectivity index (χ4n) is 7.49. The quantitative estimate of drug-likeness (QED) is 0.293. The van der Waals surface area contributed by atoms with Crippen molar-refractivity contribution >= 4 is 28.1 Å². The Kier molecular flexibility index (Phi) is 8.28. The maximum atomic E-state index is 13.2. The lowest BCUT2D eigenvalue weighted by atomic mass is 9.68. The highest BCUT2D eigenvalue weighted by molar-refractivity contribution is 7.75. The topological polar surface area (TPSA) is 68.2 Å². The largest absolute Gasteiger partial charge is 0.495 e. The van der Waals surface area contributed by atoms with Crippen LogP contribution >= 0.6 is 11.6 Å². The van der Waals surface area contributed by atoms with E-state index >= 15 is 0 Å². The van der Waals surface area contributed by atoms with Crippen molar-refractivity contribution in [2.75, 3.05) is 32.6 Å². The van der Waals surface area contributed by atoms with E-state index in [4.69, 9.17) is 21.1 Å². The molecule has 1 saturated carbocycles. The van der Waals surface area contributed by atoms with Crippen LogP contribution in [0.2, 0.25) is 5.02 Å². The van der Waals surface area contributed by atoms with E-state index in [1.54, 1.807) is 0 Å². The number of aryl methyl sites for hydroxylation is 1. The van der Waals surface area contributed by atoms with E-state index in [2.05, 4.69) is 40.5 Å². The van der Waals surface area contributed by atoms with E-state index in [1.165, 1.54) is 17.5 Å². The number of fused-ring (bicyclic) bond motifs is 4. The summed E-state index contributed by atoms with van der Waals surface area (Å²) in [6.07, 6.45) is 15.1. The Balaban J connectivity index is 1.38. The molecule has 2 fully saturated rings. The Labute approximate surface area is 245 Å². The molecule has 3 aliphatic carbocycles. The molecular formula is C32H40ClN2O4S-. The van der Waals surface area contributed by atoms with Gasteiger partial charge in [0, 0.05) is 42.6 Å². The third-order valence-corrected chi connectivity index (χ3v) is 11.2. The first-order valence-electron chi connectivity index (χ1n) is 14.8. The van der Waals surface area contributed by atoms with Crippen LogP contribution in [0.3, 0.4) is 0 Å². The van der Waals surface area contributed by atoms with Crippen molar-refractivity contribution in [1.29, 1.82) is 0 Å². The number of rotatable bonds is 1. The zero-order chi connectivity index (χ0) is 27.9. The van der Waals surface area contributed by atoms with E-state index in [0.29, 0.717) is 36.2 Å². The monoisotopic (exact) mass is 583 g/mol. The van der Waals surface area contributed by atoms with E-state index < -0.39 is 10.6 Å². The van der Waals surface area contributed by atoms with Gasteiger partial charge in [-0.05, 0) is 79.7 Å². The summed E-state index contributed by atoms with van der Waals surface area (Å²) < 4.78 is 29.5. The molecule has 1 amide bonds. The molecule has 5 aliphatic rings. The molecule has 1 aromatic rings. The molecule has 0 aromatic heterocycles. The molecule has 6 nitrogen and oxygen atoms in total. The third kappa shape index (κ3) is 5.59. The molecule has 2 heterocycles. The van der Waals surface area contributed by atoms with E-state index in [-0.39, 0.29) is 29.4 Å². The average Bonchev–Trinajstić information content (AvgIpc) is 3.06. The van der Waals surface area contributed by atoms with Gasteiger partial charge in [-0.15, -0.1) is 0 Å². The van der Waals surface area contributed by atoms with Gasteiger partial charge in [0.2, 0.25) is 5.91 Å². The molecule has 2 bridgehead atoms. The number of amides is 1. The van der Waals surface area contributed by atoms with Gasteiger partial charge in [-0.1, -0.05) is 54.5 Å². The highest BCUT2D eigenvalue weighted by atomic mass is 35.5. The molecule has 0 N–H and O–H groups in total. The van der Waals surface area contributed by atoms with Gasteiger partial charge in [0.1, 0.15) is 5.76 Å². The summed E-state index contributed by atoms with van der Waals surface area (Å²) in [5.41, 5.74) is 3.15. The van der Waals surface area contributed by atoms with Crippen LogP contribution in [-0.4, -0.2) is 55.5 Å². The first-order chi connectivity index (χ1) is 19.3. The molecule has 1 unspecified atom stereocenters. The maximum absolute atomic E-state index is 13.2. The number of carbonyl (C=O) groups excluding carboxylic acids is 1. The van der Waals surface area contributed by atoms with Crippen molar-refractivity contribution in [2.24, 2.45) is 22.1 Å². The van der Waals surface area contributed by atoms with Crippen molar-refractivity contribution in [3.63, 3.8) is 0 Å².